The summed E-state index contributed by atoms with van der Waals surface area (Å²) in [6.07, 6.45) is -4.50. The van der Waals surface area contributed by atoms with Gasteiger partial charge in [-0.15, -0.1) is 0 Å². The number of benzene rings is 1. The van der Waals surface area contributed by atoms with E-state index < -0.39 is 30.6 Å². The van der Waals surface area contributed by atoms with Crippen molar-refractivity contribution in [2.45, 2.75) is 30.6 Å². The number of aliphatic hydroxyl groups excluding tert-OH is 2. The Kier molecular flexibility index (Phi) is 3.49. The second-order valence-corrected chi connectivity index (χ2v) is 5.29. The third-order valence-electron chi connectivity index (χ3n) is 3.60. The van der Waals surface area contributed by atoms with Crippen molar-refractivity contribution in [2.75, 3.05) is 13.2 Å². The average molecular weight is 289 g/mol. The van der Waals surface area contributed by atoms with Gasteiger partial charge in [0.25, 0.3) is 0 Å². The van der Waals surface area contributed by atoms with E-state index in [0.29, 0.717) is 16.1 Å². The molecule has 1 aromatic carbocycles. The van der Waals surface area contributed by atoms with Crippen molar-refractivity contribution in [1.82, 2.24) is 0 Å². The zero-order valence-corrected chi connectivity index (χ0v) is 10.8. The van der Waals surface area contributed by atoms with Crippen molar-refractivity contribution in [2.24, 2.45) is 0 Å². The normalized spacial score (nSPS) is 38.2. The maximum Gasteiger partial charge on any atom is 0.149 e. The van der Waals surface area contributed by atoms with Crippen molar-refractivity contribution in [3.63, 3.8) is 0 Å². The van der Waals surface area contributed by atoms with Crippen LogP contribution >= 0.6 is 11.6 Å². The van der Waals surface area contributed by atoms with Crippen LogP contribution in [0.5, 0.6) is 0 Å². The molecule has 4 nitrogen and oxygen atoms in total. The molecule has 3 rings (SSSR count). The zero-order valence-electron chi connectivity index (χ0n) is 10.00. The fourth-order valence-electron chi connectivity index (χ4n) is 2.61. The quantitative estimate of drug-likeness (QED) is 0.823. The van der Waals surface area contributed by atoms with Crippen molar-refractivity contribution in [1.29, 1.82) is 0 Å². The van der Waals surface area contributed by atoms with Crippen molar-refractivity contribution in [3.8, 4) is 0 Å². The molecule has 104 valence electrons. The zero-order chi connectivity index (χ0) is 13.6. The van der Waals surface area contributed by atoms with Crippen molar-refractivity contribution < 1.29 is 24.1 Å². The molecule has 2 heterocycles. The van der Waals surface area contributed by atoms with E-state index in [1.165, 1.54) is 0 Å². The van der Waals surface area contributed by atoms with Crippen LogP contribution in [0.1, 0.15) is 23.4 Å². The van der Waals surface area contributed by atoms with Crippen LogP contribution in [0.15, 0.2) is 18.2 Å². The summed E-state index contributed by atoms with van der Waals surface area (Å²) in [5.41, 5.74) is 1.07. The molecule has 5 atom stereocenters. The van der Waals surface area contributed by atoms with Gasteiger partial charge in [-0.25, -0.2) is 4.39 Å². The number of alkyl halides is 1. The van der Waals surface area contributed by atoms with Gasteiger partial charge in [0.15, 0.2) is 0 Å². The van der Waals surface area contributed by atoms with Crippen LogP contribution in [0.4, 0.5) is 4.39 Å². The molecule has 2 aliphatic rings. The molecule has 6 heteroatoms. The Bertz CT molecular complexity index is 484. The number of ether oxygens (including phenoxy) is 2. The highest BCUT2D eigenvalue weighted by molar-refractivity contribution is 6.30. The first kappa shape index (κ1) is 13.3. The lowest BCUT2D eigenvalue weighted by molar-refractivity contribution is -0.104. The number of halogens is 2. The Morgan fingerprint density at radius 2 is 1.95 bits per heavy atom. The highest BCUT2D eigenvalue weighted by atomic mass is 35.5. The summed E-state index contributed by atoms with van der Waals surface area (Å²) < 4.78 is 24.7. The predicted molar refractivity (Wildman–Crippen MR) is 65.7 cm³/mol. The predicted octanol–water partition coefficient (Wildman–Crippen LogP) is 1.54. The van der Waals surface area contributed by atoms with Crippen LogP contribution in [0, 0.1) is 0 Å². The van der Waals surface area contributed by atoms with E-state index in [1.807, 2.05) is 0 Å². The minimum absolute atomic E-state index is 0.0493. The van der Waals surface area contributed by atoms with Gasteiger partial charge in [0, 0.05) is 5.02 Å². The Hall–Kier alpha value is -0.720. The Morgan fingerprint density at radius 1 is 1.16 bits per heavy atom. The van der Waals surface area contributed by atoms with E-state index in [4.69, 9.17) is 21.1 Å². The summed E-state index contributed by atoms with van der Waals surface area (Å²) in [4.78, 5) is 0. The molecule has 0 bridgehead atoms. The van der Waals surface area contributed by atoms with Crippen LogP contribution < -0.4 is 0 Å². The first-order valence-corrected chi connectivity index (χ1v) is 6.48. The highest BCUT2D eigenvalue weighted by Gasteiger charge is 2.44. The van der Waals surface area contributed by atoms with Crippen LogP contribution in [-0.4, -0.2) is 41.7 Å². The molecule has 2 aliphatic heterocycles. The van der Waals surface area contributed by atoms with E-state index in [-0.39, 0.29) is 13.2 Å². The molecule has 0 spiro atoms. The molecule has 0 aliphatic carbocycles. The number of aliphatic hydroxyl groups is 2. The molecule has 0 aromatic heterocycles. The standard InChI is InChI=1S/C13H14ClFO4/c14-6-1-2-7-8(3-6)9(15)4-18-12(7)13-11(17)10(16)5-19-13/h1-3,9-13,16-17H,4-5H2. The monoisotopic (exact) mass is 288 g/mol. The van der Waals surface area contributed by atoms with Gasteiger partial charge in [-0.3, -0.25) is 0 Å². The average Bonchev–Trinajstić information content (AvgIpc) is 2.72. The second-order valence-electron chi connectivity index (χ2n) is 4.85. The fraction of sp³-hybridized carbons (Fsp3) is 0.538. The smallest absolute Gasteiger partial charge is 0.149 e. The third-order valence-corrected chi connectivity index (χ3v) is 3.84. The van der Waals surface area contributed by atoms with E-state index >= 15 is 0 Å². The summed E-state index contributed by atoms with van der Waals surface area (Å²) in [6.45, 7) is -0.0612. The maximum absolute atomic E-state index is 13.9. The van der Waals surface area contributed by atoms with Gasteiger partial charge < -0.3 is 19.7 Å². The van der Waals surface area contributed by atoms with Gasteiger partial charge >= 0.3 is 0 Å². The molecule has 1 saturated heterocycles. The molecule has 1 fully saturated rings. The van der Waals surface area contributed by atoms with Crippen molar-refractivity contribution >= 4 is 11.6 Å². The second kappa shape index (κ2) is 5.00. The first-order valence-electron chi connectivity index (χ1n) is 6.10. The van der Waals surface area contributed by atoms with E-state index in [9.17, 15) is 14.6 Å². The molecule has 0 saturated carbocycles. The molecule has 1 aromatic rings. The lowest BCUT2D eigenvalue weighted by Crippen LogP contribution is -2.37. The molecule has 5 unspecified atom stereocenters. The number of rotatable bonds is 1. The van der Waals surface area contributed by atoms with E-state index in [2.05, 4.69) is 0 Å². The molecule has 19 heavy (non-hydrogen) atoms. The maximum atomic E-state index is 13.9. The number of hydrogen-bond donors (Lipinski definition) is 2. The van der Waals surface area contributed by atoms with Gasteiger partial charge in [0.2, 0.25) is 0 Å². The van der Waals surface area contributed by atoms with Crippen LogP contribution in [0.2, 0.25) is 5.02 Å². The third kappa shape index (κ3) is 2.26. The molecule has 0 radical (unpaired) electrons. The molecular weight excluding hydrogens is 275 g/mol. The fourth-order valence-corrected chi connectivity index (χ4v) is 2.79. The van der Waals surface area contributed by atoms with E-state index in [1.54, 1.807) is 18.2 Å². The van der Waals surface area contributed by atoms with Crippen LogP contribution in [0.3, 0.4) is 0 Å². The van der Waals surface area contributed by atoms with Crippen LogP contribution in [-0.2, 0) is 9.47 Å². The summed E-state index contributed by atoms with van der Waals surface area (Å²) >= 11 is 5.87. The summed E-state index contributed by atoms with van der Waals surface area (Å²) in [7, 11) is 0. The van der Waals surface area contributed by atoms with Crippen molar-refractivity contribution in [3.05, 3.63) is 34.3 Å². The van der Waals surface area contributed by atoms with Gasteiger partial charge in [0.05, 0.1) is 13.2 Å². The largest absolute Gasteiger partial charge is 0.388 e. The van der Waals surface area contributed by atoms with E-state index in [0.717, 1.165) is 0 Å². The summed E-state index contributed by atoms with van der Waals surface area (Å²) in [5, 5.41) is 19.9. The van der Waals surface area contributed by atoms with Gasteiger partial charge in [-0.05, 0) is 23.3 Å². The molecule has 0 amide bonds. The van der Waals surface area contributed by atoms with Gasteiger partial charge in [-0.1, -0.05) is 17.7 Å². The lowest BCUT2D eigenvalue weighted by atomic mass is 9.91. The first-order chi connectivity index (χ1) is 9.08. The summed E-state index contributed by atoms with van der Waals surface area (Å²) in [6, 6.07) is 4.89. The minimum atomic E-state index is -1.24. The highest BCUT2D eigenvalue weighted by Crippen LogP contribution is 2.40. The molecular formula is C13H14ClFO4. The topological polar surface area (TPSA) is 58.9 Å². The SMILES string of the molecule is OC1COC(C2OCC(F)c3cc(Cl)ccc32)C1O. The Balaban J connectivity index is 1.95. The number of hydrogen-bond acceptors (Lipinski definition) is 4. The number of fused-ring (bicyclic) bond motifs is 1. The summed E-state index contributed by atoms with van der Waals surface area (Å²) in [5.74, 6) is 0. The lowest BCUT2D eigenvalue weighted by Gasteiger charge is -2.33. The Morgan fingerprint density at radius 3 is 2.63 bits per heavy atom. The van der Waals surface area contributed by atoms with Crippen LogP contribution in [0.25, 0.3) is 0 Å². The minimum Gasteiger partial charge on any atom is -0.388 e. The Labute approximate surface area is 114 Å². The van der Waals surface area contributed by atoms with Gasteiger partial charge in [0.1, 0.15) is 30.6 Å². The van der Waals surface area contributed by atoms with Gasteiger partial charge in [-0.2, -0.15) is 0 Å². The molecule has 2 N–H and O–H groups in total.